The molecule has 0 unspecified atom stereocenters. The van der Waals surface area contributed by atoms with E-state index in [4.69, 9.17) is 14.2 Å². The van der Waals surface area contributed by atoms with Crippen molar-refractivity contribution in [2.75, 3.05) is 32.2 Å². The topological polar surface area (TPSA) is 102 Å². The summed E-state index contributed by atoms with van der Waals surface area (Å²) in [6.45, 7) is -0.982. The van der Waals surface area contributed by atoms with Gasteiger partial charge in [-0.05, 0) is 35.9 Å². The molecule has 0 radical (unpaired) electrons. The number of methoxy groups -OCH3 is 3. The number of nitrogens with zero attached hydrogens (tertiary/aromatic N) is 1. The van der Waals surface area contributed by atoms with E-state index < -0.39 is 34.2 Å². The standard InChI is InChI=1S/C24H23F2NO7S/c1-32-20-11-10-16(13-22(20)34-3)35(30,31)27(14-23(28)29)24-15(6-4-9-21(24)33-2)12-17-18(25)7-5-8-19(17)26/h4-11,13H,12,14H2,1-3H3,(H,28,29). The van der Waals surface area contributed by atoms with Gasteiger partial charge in [0.2, 0.25) is 0 Å². The number of hydrogen-bond donors (Lipinski definition) is 1. The number of sulfonamides is 1. The quantitative estimate of drug-likeness (QED) is 0.445. The number of carboxylic acids is 1. The second kappa shape index (κ2) is 10.6. The van der Waals surface area contributed by atoms with Gasteiger partial charge in [0.15, 0.2) is 11.5 Å². The van der Waals surface area contributed by atoms with Crippen LogP contribution in [0.4, 0.5) is 14.5 Å². The monoisotopic (exact) mass is 507 g/mol. The highest BCUT2D eigenvalue weighted by Gasteiger charge is 2.32. The minimum Gasteiger partial charge on any atom is -0.495 e. The van der Waals surface area contributed by atoms with Gasteiger partial charge < -0.3 is 19.3 Å². The van der Waals surface area contributed by atoms with Gasteiger partial charge in [-0.3, -0.25) is 9.10 Å². The molecule has 11 heteroatoms. The first-order valence-electron chi connectivity index (χ1n) is 10.2. The Labute approximate surface area is 201 Å². The molecule has 0 saturated carbocycles. The molecule has 0 saturated heterocycles. The number of anilines is 1. The average molecular weight is 508 g/mol. The summed E-state index contributed by atoms with van der Waals surface area (Å²) in [5.74, 6) is -2.73. The SMILES string of the molecule is COc1ccc(S(=O)(=O)N(CC(=O)O)c2c(Cc3c(F)cccc3F)cccc2OC)cc1OC. The molecule has 1 N–H and O–H groups in total. The van der Waals surface area contributed by atoms with Gasteiger partial charge in [0.1, 0.15) is 23.9 Å². The molecule has 0 atom stereocenters. The van der Waals surface area contributed by atoms with E-state index in [0.29, 0.717) is 4.31 Å². The molecule has 0 aromatic heterocycles. The molecule has 3 aromatic carbocycles. The van der Waals surface area contributed by atoms with E-state index >= 15 is 0 Å². The first-order valence-corrected chi connectivity index (χ1v) is 11.6. The van der Waals surface area contributed by atoms with Crippen molar-refractivity contribution in [2.45, 2.75) is 11.3 Å². The van der Waals surface area contributed by atoms with Crippen molar-refractivity contribution in [2.24, 2.45) is 0 Å². The number of rotatable bonds is 10. The summed E-state index contributed by atoms with van der Waals surface area (Å²) in [5.41, 5.74) is -0.325. The van der Waals surface area contributed by atoms with Gasteiger partial charge in [0.25, 0.3) is 10.0 Å². The summed E-state index contributed by atoms with van der Waals surface area (Å²) < 4.78 is 72.5. The van der Waals surface area contributed by atoms with E-state index in [0.717, 1.165) is 12.1 Å². The summed E-state index contributed by atoms with van der Waals surface area (Å²) in [7, 11) is -0.548. The van der Waals surface area contributed by atoms with E-state index in [1.165, 1.54) is 63.8 Å². The second-order valence-electron chi connectivity index (χ2n) is 7.27. The molecule has 0 bridgehead atoms. The van der Waals surface area contributed by atoms with Crippen molar-refractivity contribution in [3.8, 4) is 17.2 Å². The van der Waals surface area contributed by atoms with Crippen molar-refractivity contribution >= 4 is 21.7 Å². The van der Waals surface area contributed by atoms with E-state index in [1.807, 2.05) is 0 Å². The molecular weight excluding hydrogens is 484 g/mol. The lowest BCUT2D eigenvalue weighted by Crippen LogP contribution is -2.36. The molecule has 0 aliphatic rings. The third kappa shape index (κ3) is 5.29. The third-order valence-corrected chi connectivity index (χ3v) is 6.94. The van der Waals surface area contributed by atoms with E-state index in [2.05, 4.69) is 0 Å². The Balaban J connectivity index is 2.24. The third-order valence-electron chi connectivity index (χ3n) is 5.20. The molecule has 0 aliphatic carbocycles. The zero-order valence-corrected chi connectivity index (χ0v) is 19.9. The van der Waals surface area contributed by atoms with Gasteiger partial charge >= 0.3 is 5.97 Å². The molecule has 0 fully saturated rings. The van der Waals surface area contributed by atoms with E-state index in [-0.39, 0.29) is 45.4 Å². The van der Waals surface area contributed by atoms with E-state index in [1.54, 1.807) is 0 Å². The van der Waals surface area contributed by atoms with Gasteiger partial charge in [0.05, 0.1) is 31.9 Å². The van der Waals surface area contributed by atoms with Gasteiger partial charge in [-0.2, -0.15) is 0 Å². The Hall–Kier alpha value is -3.86. The number of para-hydroxylation sites is 1. The molecule has 0 heterocycles. The largest absolute Gasteiger partial charge is 0.495 e. The molecule has 8 nitrogen and oxygen atoms in total. The van der Waals surface area contributed by atoms with Crippen LogP contribution >= 0.6 is 0 Å². The Kier molecular flexibility index (Phi) is 7.80. The summed E-state index contributed by atoms with van der Waals surface area (Å²) in [6.07, 6.45) is -0.359. The maximum absolute atomic E-state index is 14.4. The predicted molar refractivity (Wildman–Crippen MR) is 124 cm³/mol. The highest BCUT2D eigenvalue weighted by Crippen LogP contribution is 2.39. The second-order valence-corrected chi connectivity index (χ2v) is 9.13. The Morgan fingerprint density at radius 1 is 0.886 bits per heavy atom. The van der Waals surface area contributed by atoms with Crippen molar-refractivity contribution in [3.05, 3.63) is 77.4 Å². The number of ether oxygens (including phenoxy) is 3. The number of halogens is 2. The van der Waals surface area contributed by atoms with Crippen LogP contribution in [-0.2, 0) is 21.2 Å². The zero-order chi connectivity index (χ0) is 25.8. The van der Waals surface area contributed by atoms with Crippen LogP contribution in [0.1, 0.15) is 11.1 Å². The van der Waals surface area contributed by atoms with Crippen LogP contribution < -0.4 is 18.5 Å². The lowest BCUT2D eigenvalue weighted by atomic mass is 10.0. The summed E-state index contributed by atoms with van der Waals surface area (Å²) in [5, 5.41) is 9.56. The molecule has 186 valence electrons. The van der Waals surface area contributed by atoms with Gasteiger partial charge in [-0.15, -0.1) is 0 Å². The van der Waals surface area contributed by atoms with Crippen molar-refractivity contribution < 1.29 is 41.3 Å². The van der Waals surface area contributed by atoms with E-state index in [9.17, 15) is 27.1 Å². The lowest BCUT2D eigenvalue weighted by molar-refractivity contribution is -0.135. The first-order chi connectivity index (χ1) is 16.6. The van der Waals surface area contributed by atoms with Crippen LogP contribution in [0.3, 0.4) is 0 Å². The fourth-order valence-electron chi connectivity index (χ4n) is 3.56. The number of carboxylic acid groups (broad SMARTS) is 1. The van der Waals surface area contributed by atoms with Crippen LogP contribution in [0.5, 0.6) is 17.2 Å². The van der Waals surface area contributed by atoms with Gasteiger partial charge in [0, 0.05) is 18.1 Å². The molecule has 0 amide bonds. The molecule has 3 rings (SSSR count). The Morgan fingerprint density at radius 2 is 1.49 bits per heavy atom. The van der Waals surface area contributed by atoms with Crippen LogP contribution in [0.15, 0.2) is 59.5 Å². The Bertz CT molecular complexity index is 1330. The van der Waals surface area contributed by atoms with Gasteiger partial charge in [-0.25, -0.2) is 17.2 Å². The highest BCUT2D eigenvalue weighted by atomic mass is 32.2. The lowest BCUT2D eigenvalue weighted by Gasteiger charge is -2.27. The summed E-state index contributed by atoms with van der Waals surface area (Å²) >= 11 is 0. The molecule has 35 heavy (non-hydrogen) atoms. The fourth-order valence-corrected chi connectivity index (χ4v) is 5.04. The molecule has 3 aromatic rings. The fraction of sp³-hybridized carbons (Fsp3) is 0.208. The van der Waals surface area contributed by atoms with Gasteiger partial charge in [-0.1, -0.05) is 18.2 Å². The zero-order valence-electron chi connectivity index (χ0n) is 19.1. The first kappa shape index (κ1) is 25.8. The number of carbonyl (C=O) groups is 1. The normalized spacial score (nSPS) is 11.1. The minimum absolute atomic E-state index is 0.00421. The molecule has 0 aliphatic heterocycles. The maximum atomic E-state index is 14.4. The van der Waals surface area contributed by atoms with Crippen molar-refractivity contribution in [3.63, 3.8) is 0 Å². The van der Waals surface area contributed by atoms with Crippen LogP contribution in [0.2, 0.25) is 0 Å². The molecular formula is C24H23F2NO7S. The van der Waals surface area contributed by atoms with Crippen LogP contribution in [0, 0.1) is 11.6 Å². The number of benzene rings is 3. The van der Waals surface area contributed by atoms with Crippen molar-refractivity contribution in [1.29, 1.82) is 0 Å². The highest BCUT2D eigenvalue weighted by molar-refractivity contribution is 7.92. The summed E-state index contributed by atoms with van der Waals surface area (Å²) in [4.78, 5) is 11.5. The number of aliphatic carboxylic acids is 1. The van der Waals surface area contributed by atoms with Crippen molar-refractivity contribution in [1.82, 2.24) is 0 Å². The summed E-state index contributed by atoms with van der Waals surface area (Å²) in [6, 6.07) is 11.5. The predicted octanol–water partition coefficient (Wildman–Crippen LogP) is 3.86. The Morgan fingerprint density at radius 3 is 2.06 bits per heavy atom. The molecule has 0 spiro atoms. The van der Waals surface area contributed by atoms with Crippen LogP contribution in [-0.4, -0.2) is 47.4 Å². The van der Waals surface area contributed by atoms with Crippen LogP contribution in [0.25, 0.3) is 0 Å². The number of hydrogen-bond acceptors (Lipinski definition) is 6. The maximum Gasteiger partial charge on any atom is 0.324 e. The minimum atomic E-state index is -4.52. The average Bonchev–Trinajstić information content (AvgIpc) is 2.84. The smallest absolute Gasteiger partial charge is 0.324 e.